The molecule has 4 spiro atoms. The largest absolute Gasteiger partial charge is 0.495 e. The zero-order chi connectivity index (χ0) is 96.7. The minimum absolute atomic E-state index is 0. The highest BCUT2D eigenvalue weighted by atomic mass is 35.5. The van der Waals surface area contributed by atoms with Crippen LogP contribution in [0.4, 0.5) is 39.5 Å². The molecule has 1 atom stereocenters. The first-order valence-electron chi connectivity index (χ1n) is 46.0. The SMILES string of the molecule is CN1CCn2c(C(=O)C(F)(F)F)ccc2C12CCN(C(=O)c1ccc(OCC(C)(C)C)cc1)CC2.CN1CCn2c(C(=O)C(F)(F)F)ccc2C12CCN(C(=O)c1ccc(S(=O)(=O)C3CC3)cc1)CC2.COc1ccc(C(=O)N2CCC3(CC2)c2ccc(C(=O)C4(C)CC4)n2CCN3C)cc1Cl.Cc1cc(C(=O)N2CCC3(CC2)N[C@@H](C)Cn2c(C(F)(F)F)ccc23)ccc1OC(C)C.[HH]. The molecule has 24 nitrogen and oxygen atoms in total. The Morgan fingerprint density at radius 2 is 0.873 bits per heavy atom. The van der Waals surface area contributed by atoms with Crippen molar-refractivity contribution < 1.29 is 97.1 Å². The van der Waals surface area contributed by atoms with E-state index in [1.807, 2.05) is 64.9 Å². The molecule has 2 saturated carbocycles. The number of rotatable bonds is 15. The van der Waals surface area contributed by atoms with E-state index in [4.69, 9.17) is 25.8 Å². The van der Waals surface area contributed by atoms with Gasteiger partial charge in [-0.05, 0) is 270 Å². The van der Waals surface area contributed by atoms with Gasteiger partial charge in [-0.1, -0.05) is 39.3 Å². The van der Waals surface area contributed by atoms with E-state index in [1.165, 1.54) is 61.9 Å². The Kier molecular flexibility index (Phi) is 27.4. The van der Waals surface area contributed by atoms with Crippen LogP contribution in [0.2, 0.25) is 5.02 Å². The zero-order valence-corrected chi connectivity index (χ0v) is 79.3. The molecule has 8 aliphatic heterocycles. The summed E-state index contributed by atoms with van der Waals surface area (Å²) in [5.41, 5.74) is 4.01. The van der Waals surface area contributed by atoms with Gasteiger partial charge in [0.25, 0.3) is 35.2 Å². The van der Waals surface area contributed by atoms with Crippen molar-refractivity contribution in [3.63, 3.8) is 0 Å². The molecule has 10 aliphatic rings. The second-order valence-electron chi connectivity index (χ2n) is 39.3. The van der Waals surface area contributed by atoms with E-state index < -0.39 is 62.2 Å². The van der Waals surface area contributed by atoms with Crippen molar-refractivity contribution in [3.05, 3.63) is 212 Å². The number of halogens is 10. The number of ketones is 3. The number of piperidine rings is 4. The molecule has 8 aromatic rings. The fourth-order valence-corrected chi connectivity index (χ4v) is 22.7. The number of aromatic nitrogens is 4. The number of hydrogen-bond donors (Lipinski definition) is 1. The van der Waals surface area contributed by atoms with Gasteiger partial charge < -0.3 is 57.4 Å². The Balaban J connectivity index is 0.000000144. The summed E-state index contributed by atoms with van der Waals surface area (Å²) < 4.78 is 167. The summed E-state index contributed by atoms with van der Waals surface area (Å²) in [5.74, 6) is -1.69. The van der Waals surface area contributed by atoms with Crippen molar-refractivity contribution in [1.82, 2.24) is 57.9 Å². The number of likely N-dealkylation sites (N-methyl/N-ethyl adjacent to an activating group) is 3. The fourth-order valence-electron chi connectivity index (χ4n) is 20.8. The smallest absolute Gasteiger partial charge is 0.456 e. The number of alkyl halides is 9. The molecule has 0 radical (unpaired) electrons. The lowest BCUT2D eigenvalue weighted by atomic mass is 9.81. The highest BCUT2D eigenvalue weighted by molar-refractivity contribution is 7.92. The summed E-state index contributed by atoms with van der Waals surface area (Å²) in [4.78, 5) is 103. The predicted molar refractivity (Wildman–Crippen MR) is 488 cm³/mol. The van der Waals surface area contributed by atoms with Gasteiger partial charge in [0, 0.05) is 156 Å². The van der Waals surface area contributed by atoms with Crippen molar-refractivity contribution in [3.8, 4) is 17.2 Å². The number of carbonyl (C=O) groups is 7. The molecule has 0 unspecified atom stereocenters. The molecule has 4 aromatic heterocycles. The number of likely N-dealkylation sites (tertiary alicyclic amines) is 4. The molecule has 134 heavy (non-hydrogen) atoms. The molecular weight excluding hydrogens is 1790 g/mol. The number of fused-ring (bicyclic) bond motifs is 8. The molecule has 4 amide bonds. The van der Waals surface area contributed by atoms with E-state index in [0.29, 0.717) is 186 Å². The van der Waals surface area contributed by atoms with Gasteiger partial charge in [0.15, 0.2) is 15.6 Å². The molecule has 2 aliphatic carbocycles. The van der Waals surface area contributed by atoms with Crippen LogP contribution in [0.15, 0.2) is 138 Å². The third kappa shape index (κ3) is 19.5. The average Bonchev–Trinajstić information content (AvgIpc) is 1.64. The summed E-state index contributed by atoms with van der Waals surface area (Å²) in [6, 6.07) is 36.4. The molecule has 35 heteroatoms. The maximum absolute atomic E-state index is 13.5. The van der Waals surface area contributed by atoms with Gasteiger partial charge in [0.05, 0.1) is 74.2 Å². The molecule has 6 fully saturated rings. The molecule has 18 rings (SSSR count). The van der Waals surface area contributed by atoms with Crippen LogP contribution in [0.1, 0.15) is 234 Å². The van der Waals surface area contributed by atoms with Crippen LogP contribution in [-0.2, 0) is 64.3 Å². The summed E-state index contributed by atoms with van der Waals surface area (Å²) in [6.07, 6.45) is -5.87. The maximum atomic E-state index is 13.5. The summed E-state index contributed by atoms with van der Waals surface area (Å²) in [7, 11) is 4.27. The van der Waals surface area contributed by atoms with E-state index in [9.17, 15) is 81.5 Å². The Morgan fingerprint density at radius 3 is 1.26 bits per heavy atom. The lowest BCUT2D eigenvalue weighted by molar-refractivity contribution is -0.144. The topological polar surface area (TPSA) is 236 Å². The predicted octanol–water partition coefficient (Wildman–Crippen LogP) is 17.2. The molecule has 12 heterocycles. The van der Waals surface area contributed by atoms with Gasteiger partial charge in [-0.2, -0.15) is 39.5 Å². The van der Waals surface area contributed by atoms with Gasteiger partial charge >= 0.3 is 18.5 Å². The monoisotopic (exact) mass is 1910 g/mol. The number of benzene rings is 4. The third-order valence-electron chi connectivity index (χ3n) is 28.9. The quantitative estimate of drug-likeness (QED) is 0.0742. The standard InChI is InChI=1S/C26H32F3N3O3.C25H30ClN3O3.C24H26F3N3O4S.C24H30F3N3O2.H2/c1-24(2,3)17-35-19-7-5-18(6-8-19)23(34)31-13-11-25(12-14-31)21-10-9-20(22(33)26(27,28)29)32(21)16-15-30(25)4;1-24(8-9-24)22(30)19-5-7-21-25(27(2)14-15-29(19)21)10-12-28(13-11-25)23(31)17-4-6-20(32-3)18(26)16-17;1-28-14-15-30-19(21(31)24(25,26)27)8-9-20(30)23(28)10-12-29(13-11-23)22(32)16-2-4-17(5-3-16)35(33,34)18-6-7-18;1-15(2)32-19-6-5-18(13-16(19)3)22(31)29-11-9-23(10-12-29)20-7-8-21(24(25,26)27)30(20)14-17(4)28-23;/h5-10H,11-17H2,1-4H3;4-7,16H,8-15H2,1-3H3;2-5,8-9,18H,6-7,10-15H2,1H3;5-8,13,15,17,28H,9-12,14H2,1-4H3;1H/t;;;17-;/m...0./s1. The van der Waals surface area contributed by atoms with Crippen LogP contribution in [0.3, 0.4) is 0 Å². The number of methoxy groups -OCH3 is 1. The fraction of sp³-hybridized carbons (Fsp3) is 0.525. The number of nitrogens with one attached hydrogen (secondary N) is 1. The van der Waals surface area contributed by atoms with E-state index in [0.717, 1.165) is 55.8 Å². The Morgan fingerprint density at radius 1 is 0.485 bits per heavy atom. The number of carbonyl (C=O) groups excluding carboxylic acids is 7. The number of ether oxygens (including phenoxy) is 3. The number of hydrogen-bond acceptors (Lipinski definition) is 16. The van der Waals surface area contributed by atoms with Gasteiger partial charge in [0.1, 0.15) is 22.9 Å². The minimum Gasteiger partial charge on any atom is -0.495 e. The van der Waals surface area contributed by atoms with Crippen LogP contribution in [-0.4, -0.2) is 239 Å². The van der Waals surface area contributed by atoms with E-state index in [1.54, 1.807) is 88.5 Å². The summed E-state index contributed by atoms with van der Waals surface area (Å²) in [5, 5.41) is 3.67. The van der Waals surface area contributed by atoms with Crippen LogP contribution in [0.25, 0.3) is 0 Å². The zero-order valence-electron chi connectivity index (χ0n) is 77.7. The Bertz CT molecular complexity index is 5880. The molecule has 724 valence electrons. The lowest BCUT2D eigenvalue weighted by Gasteiger charge is -2.50. The summed E-state index contributed by atoms with van der Waals surface area (Å²) in [6.45, 7) is 24.3. The van der Waals surface area contributed by atoms with E-state index in [-0.39, 0.29) is 94.0 Å². The number of aryl methyl sites for hydroxylation is 1. The normalized spacial score (nSPS) is 20.2. The van der Waals surface area contributed by atoms with Crippen LogP contribution in [0, 0.1) is 17.8 Å². The molecular formula is C99H120ClF9N12O12S. The van der Waals surface area contributed by atoms with E-state index in [2.05, 4.69) is 65.4 Å². The Labute approximate surface area is 781 Å². The first kappa shape index (κ1) is 98.3. The molecule has 1 N–H and O–H groups in total. The lowest BCUT2D eigenvalue weighted by Crippen LogP contribution is -2.59. The Hall–Kier alpha value is -10.3. The van der Waals surface area contributed by atoms with Crippen LogP contribution >= 0.6 is 11.6 Å². The van der Waals surface area contributed by atoms with Crippen molar-refractivity contribution in [2.75, 3.05) is 107 Å². The second kappa shape index (κ2) is 37.3. The maximum Gasteiger partial charge on any atom is 0.456 e. The van der Waals surface area contributed by atoms with Crippen LogP contribution in [0.5, 0.6) is 17.2 Å². The number of sulfone groups is 1. The first-order chi connectivity index (χ1) is 63.1. The second-order valence-corrected chi connectivity index (χ2v) is 42.0. The molecule has 0 bridgehead atoms. The van der Waals surface area contributed by atoms with Gasteiger partial charge in [0.2, 0.25) is 0 Å². The first-order valence-corrected chi connectivity index (χ1v) is 47.9. The highest BCUT2D eigenvalue weighted by Gasteiger charge is 2.54. The van der Waals surface area contributed by atoms with Gasteiger partial charge in [-0.15, -0.1) is 0 Å². The minimum atomic E-state index is -4.94. The molecule has 4 aromatic carbocycles. The average molecular weight is 1910 g/mol. The van der Waals surface area contributed by atoms with Crippen molar-refractivity contribution in [2.45, 2.75) is 222 Å². The number of amides is 4. The van der Waals surface area contributed by atoms with Crippen molar-refractivity contribution in [1.29, 1.82) is 0 Å². The van der Waals surface area contributed by atoms with Crippen LogP contribution < -0.4 is 19.5 Å². The van der Waals surface area contributed by atoms with Crippen molar-refractivity contribution >= 4 is 62.4 Å². The van der Waals surface area contributed by atoms with Gasteiger partial charge in [-0.25, -0.2) is 8.42 Å². The van der Waals surface area contributed by atoms with E-state index >= 15 is 0 Å². The molecule has 4 saturated heterocycles. The third-order valence-corrected chi connectivity index (χ3v) is 31.5. The summed E-state index contributed by atoms with van der Waals surface area (Å²) >= 11 is 6.24. The van der Waals surface area contributed by atoms with Crippen molar-refractivity contribution in [2.24, 2.45) is 10.8 Å². The van der Waals surface area contributed by atoms with Gasteiger partial charge in [-0.3, -0.25) is 48.3 Å². The number of nitrogens with zero attached hydrogens (tertiary/aromatic N) is 11. The number of Topliss-reactive ketones (excluding diaryl/α,β-unsaturated/α-hetero) is 3. The highest BCUT2D eigenvalue weighted by Crippen LogP contribution is 2.51.